The van der Waals surface area contributed by atoms with Crippen molar-refractivity contribution in [3.63, 3.8) is 0 Å². The summed E-state index contributed by atoms with van der Waals surface area (Å²) in [4.78, 5) is 5.12. The van der Waals surface area contributed by atoms with E-state index in [0.29, 0.717) is 0 Å². The van der Waals surface area contributed by atoms with Gasteiger partial charge in [0.15, 0.2) is 0 Å². The molecule has 0 aliphatic heterocycles. The maximum absolute atomic E-state index is 5.12. The summed E-state index contributed by atoms with van der Waals surface area (Å²) in [5.74, 6) is 0. The second-order valence-corrected chi connectivity index (χ2v) is 3.36. The third-order valence-electron chi connectivity index (χ3n) is 1.79. The molecule has 0 saturated carbocycles. The van der Waals surface area contributed by atoms with Crippen molar-refractivity contribution in [2.45, 2.75) is 59.8 Å². The standard InChI is InChI=1S/C10H19NOS.C2H6/c1-3-10(2)11-12-8-6-4-5-7-9-13;1-2/h9H,3-8H2,1-2H3;1-2H3/b11-10+;. The van der Waals surface area contributed by atoms with Gasteiger partial charge < -0.3 is 4.84 Å². The van der Waals surface area contributed by atoms with E-state index >= 15 is 0 Å². The van der Waals surface area contributed by atoms with Crippen molar-refractivity contribution in [2.24, 2.45) is 5.16 Å². The predicted octanol–water partition coefficient (Wildman–Crippen LogP) is 4.38. The van der Waals surface area contributed by atoms with Gasteiger partial charge >= 0.3 is 0 Å². The minimum atomic E-state index is 0.731. The van der Waals surface area contributed by atoms with Crippen molar-refractivity contribution in [1.82, 2.24) is 0 Å². The zero-order valence-corrected chi connectivity index (χ0v) is 11.4. The molecule has 0 rings (SSSR count). The number of nitrogens with zero attached hydrogens (tertiary/aromatic N) is 1. The Morgan fingerprint density at radius 3 is 2.47 bits per heavy atom. The molecule has 90 valence electrons. The first kappa shape index (κ1) is 17.0. The van der Waals surface area contributed by atoms with Crippen molar-refractivity contribution in [3.8, 4) is 0 Å². The average Bonchev–Trinajstić information content (AvgIpc) is 2.30. The lowest BCUT2D eigenvalue weighted by Crippen LogP contribution is -1.93. The SMILES string of the molecule is CC.CC/C(C)=N/OCCCCCC=S. The molecular formula is C12H25NOS. The van der Waals surface area contributed by atoms with E-state index in [9.17, 15) is 0 Å². The Kier molecular flexibility index (Phi) is 18.1. The molecule has 0 aliphatic carbocycles. The lowest BCUT2D eigenvalue weighted by Gasteiger charge is -1.99. The summed E-state index contributed by atoms with van der Waals surface area (Å²) in [6.45, 7) is 8.78. The Morgan fingerprint density at radius 1 is 1.27 bits per heavy atom. The molecule has 0 aromatic heterocycles. The Balaban J connectivity index is 0. The van der Waals surface area contributed by atoms with Crippen LogP contribution in [-0.4, -0.2) is 17.7 Å². The summed E-state index contributed by atoms with van der Waals surface area (Å²) in [5.41, 5.74) is 1.05. The van der Waals surface area contributed by atoms with Crippen LogP contribution in [0.4, 0.5) is 0 Å². The van der Waals surface area contributed by atoms with Crippen molar-refractivity contribution in [2.75, 3.05) is 6.61 Å². The molecule has 0 amide bonds. The topological polar surface area (TPSA) is 21.6 Å². The number of hydrogen-bond acceptors (Lipinski definition) is 3. The molecule has 0 radical (unpaired) electrons. The van der Waals surface area contributed by atoms with Crippen LogP contribution in [0.25, 0.3) is 0 Å². The van der Waals surface area contributed by atoms with Gasteiger partial charge in [0.25, 0.3) is 0 Å². The van der Waals surface area contributed by atoms with E-state index in [1.165, 1.54) is 12.8 Å². The van der Waals surface area contributed by atoms with Crippen LogP contribution in [0.1, 0.15) is 59.8 Å². The van der Waals surface area contributed by atoms with Gasteiger partial charge in [-0.15, -0.1) is 0 Å². The smallest absolute Gasteiger partial charge is 0.117 e. The summed E-state index contributed by atoms with van der Waals surface area (Å²) in [6, 6.07) is 0. The molecule has 0 aromatic carbocycles. The molecule has 2 nitrogen and oxygen atoms in total. The van der Waals surface area contributed by atoms with Gasteiger partial charge in [-0.25, -0.2) is 0 Å². The van der Waals surface area contributed by atoms with Crippen molar-refractivity contribution < 1.29 is 4.84 Å². The molecule has 0 aliphatic rings. The first-order valence-corrected chi connectivity index (χ1v) is 6.37. The summed E-state index contributed by atoms with van der Waals surface area (Å²) < 4.78 is 0. The number of rotatable bonds is 8. The van der Waals surface area contributed by atoms with Crippen LogP contribution in [0.2, 0.25) is 0 Å². The molecular weight excluding hydrogens is 206 g/mol. The van der Waals surface area contributed by atoms with Crippen molar-refractivity contribution >= 4 is 23.3 Å². The highest BCUT2D eigenvalue weighted by molar-refractivity contribution is 7.78. The molecule has 0 unspecified atom stereocenters. The van der Waals surface area contributed by atoms with Crippen LogP contribution in [0.15, 0.2) is 5.16 Å². The first-order valence-electron chi connectivity index (χ1n) is 5.90. The zero-order valence-electron chi connectivity index (χ0n) is 10.6. The maximum Gasteiger partial charge on any atom is 0.117 e. The van der Waals surface area contributed by atoms with E-state index in [1.54, 1.807) is 5.37 Å². The highest BCUT2D eigenvalue weighted by atomic mass is 32.1. The quantitative estimate of drug-likeness (QED) is 0.268. The van der Waals surface area contributed by atoms with Crippen molar-refractivity contribution in [3.05, 3.63) is 0 Å². The van der Waals surface area contributed by atoms with Gasteiger partial charge in [0.1, 0.15) is 6.61 Å². The highest BCUT2D eigenvalue weighted by Crippen LogP contribution is 1.99. The van der Waals surface area contributed by atoms with E-state index in [0.717, 1.165) is 31.6 Å². The molecule has 0 spiro atoms. The van der Waals surface area contributed by atoms with Gasteiger partial charge in [0.05, 0.1) is 5.71 Å². The Labute approximate surface area is 100 Å². The molecule has 0 fully saturated rings. The third kappa shape index (κ3) is 16.2. The lowest BCUT2D eigenvalue weighted by molar-refractivity contribution is 0.139. The Bertz CT molecular complexity index is 158. The molecule has 0 heterocycles. The fraction of sp³-hybridized carbons (Fsp3) is 0.833. The number of oxime groups is 1. The minimum absolute atomic E-state index is 0.731. The molecule has 0 atom stereocenters. The van der Waals surface area contributed by atoms with Gasteiger partial charge in [0, 0.05) is 0 Å². The van der Waals surface area contributed by atoms with Crippen LogP contribution in [-0.2, 0) is 4.84 Å². The summed E-state index contributed by atoms with van der Waals surface area (Å²) >= 11 is 4.72. The monoisotopic (exact) mass is 231 g/mol. The van der Waals surface area contributed by atoms with Crippen molar-refractivity contribution in [1.29, 1.82) is 0 Å². The Hall–Kier alpha value is -0.440. The van der Waals surface area contributed by atoms with Crippen LogP contribution in [0.5, 0.6) is 0 Å². The summed E-state index contributed by atoms with van der Waals surface area (Å²) in [7, 11) is 0. The van der Waals surface area contributed by atoms with E-state index in [2.05, 4.69) is 12.1 Å². The fourth-order valence-electron chi connectivity index (χ4n) is 0.791. The first-order chi connectivity index (χ1) is 7.31. The summed E-state index contributed by atoms with van der Waals surface area (Å²) in [6.07, 6.45) is 5.42. The van der Waals surface area contributed by atoms with E-state index in [1.807, 2.05) is 20.8 Å². The minimum Gasteiger partial charge on any atom is -0.396 e. The van der Waals surface area contributed by atoms with E-state index < -0.39 is 0 Å². The molecule has 0 saturated heterocycles. The molecule has 0 bridgehead atoms. The van der Waals surface area contributed by atoms with E-state index in [-0.39, 0.29) is 0 Å². The van der Waals surface area contributed by atoms with Crippen LogP contribution in [0, 0.1) is 0 Å². The number of hydrogen-bond donors (Lipinski definition) is 0. The molecule has 3 heteroatoms. The number of thiocarbonyl (C=S) groups is 1. The normalized spacial score (nSPS) is 10.3. The fourth-order valence-corrected chi connectivity index (χ4v) is 0.958. The molecule has 0 N–H and O–H groups in total. The van der Waals surface area contributed by atoms with Crippen LogP contribution < -0.4 is 0 Å². The van der Waals surface area contributed by atoms with Gasteiger partial charge in [-0.05, 0) is 44.4 Å². The largest absolute Gasteiger partial charge is 0.396 e. The van der Waals surface area contributed by atoms with Gasteiger partial charge in [0.2, 0.25) is 0 Å². The van der Waals surface area contributed by atoms with Gasteiger partial charge in [-0.1, -0.05) is 38.1 Å². The maximum atomic E-state index is 5.12. The predicted molar refractivity (Wildman–Crippen MR) is 72.8 cm³/mol. The lowest BCUT2D eigenvalue weighted by atomic mass is 10.2. The average molecular weight is 231 g/mol. The summed E-state index contributed by atoms with van der Waals surface area (Å²) in [5, 5.41) is 5.74. The molecule has 15 heavy (non-hydrogen) atoms. The number of unbranched alkanes of at least 4 members (excludes halogenated alkanes) is 3. The molecule has 0 aromatic rings. The third-order valence-corrected chi connectivity index (χ3v) is 2.03. The van der Waals surface area contributed by atoms with Gasteiger partial charge in [-0.2, -0.15) is 0 Å². The van der Waals surface area contributed by atoms with Crippen LogP contribution >= 0.6 is 12.2 Å². The zero-order chi connectivity index (χ0) is 11.9. The van der Waals surface area contributed by atoms with Crippen LogP contribution in [0.3, 0.4) is 0 Å². The second kappa shape index (κ2) is 16.0. The van der Waals surface area contributed by atoms with Gasteiger partial charge in [-0.3, -0.25) is 0 Å². The highest BCUT2D eigenvalue weighted by Gasteiger charge is 1.89. The Morgan fingerprint density at radius 2 is 1.93 bits per heavy atom. The second-order valence-electron chi connectivity index (χ2n) is 3.03. The van der Waals surface area contributed by atoms with E-state index in [4.69, 9.17) is 17.1 Å².